The summed E-state index contributed by atoms with van der Waals surface area (Å²) in [5.41, 5.74) is 6.75. The maximum atomic E-state index is 14.5. The number of ether oxygens (including phenoxy) is 1. The number of likely N-dealkylation sites (N-methyl/N-ethyl adjacent to an activating group) is 1. The number of nitrogens with two attached hydrogens (primary N) is 1. The Morgan fingerprint density at radius 2 is 1.79 bits per heavy atom. The van der Waals surface area contributed by atoms with E-state index >= 15 is 0 Å². The number of hydrogen-bond acceptors (Lipinski definition) is 6. The lowest BCUT2D eigenvalue weighted by molar-refractivity contribution is 0.0776. The van der Waals surface area contributed by atoms with Gasteiger partial charge in [0.25, 0.3) is 0 Å². The molecule has 1 aliphatic rings. The van der Waals surface area contributed by atoms with Crippen molar-refractivity contribution in [3.05, 3.63) is 83.1 Å². The number of halogens is 3. The standard InChI is InChI=1S/C28H29F3N4O3/c1-15-11-16(12-22(32)27(15)35(2)28(37)38-3)18-9-10-33-14-17(18)13-24(36)23-8-7-21(31)26(34-23)25-19(29)5-4-6-20(25)30/h4-10,14-16,22,27H,11-13,32H2,1-3H3/t15-,16+,22+,27-/m1/s1. The van der Waals surface area contributed by atoms with Gasteiger partial charge in [-0.2, -0.15) is 0 Å². The first-order chi connectivity index (χ1) is 18.1. The van der Waals surface area contributed by atoms with Gasteiger partial charge in [0, 0.05) is 31.9 Å². The Morgan fingerprint density at radius 3 is 2.45 bits per heavy atom. The van der Waals surface area contributed by atoms with Gasteiger partial charge in [0.1, 0.15) is 28.8 Å². The third-order valence-corrected chi connectivity index (χ3v) is 7.21. The Morgan fingerprint density at radius 1 is 1.08 bits per heavy atom. The van der Waals surface area contributed by atoms with Crippen LogP contribution in [0.15, 0.2) is 48.8 Å². The van der Waals surface area contributed by atoms with Crippen LogP contribution in [0.5, 0.6) is 0 Å². The monoisotopic (exact) mass is 526 g/mol. The van der Waals surface area contributed by atoms with E-state index in [1.165, 1.54) is 24.1 Å². The van der Waals surface area contributed by atoms with E-state index in [9.17, 15) is 22.8 Å². The molecule has 3 aromatic rings. The predicted octanol–water partition coefficient (Wildman–Crippen LogP) is 4.89. The number of pyridine rings is 2. The molecule has 0 aliphatic heterocycles. The van der Waals surface area contributed by atoms with Crippen LogP contribution < -0.4 is 5.73 Å². The molecule has 1 amide bonds. The minimum absolute atomic E-state index is 0.0114. The van der Waals surface area contributed by atoms with Gasteiger partial charge in [-0.15, -0.1) is 0 Å². The summed E-state index contributed by atoms with van der Waals surface area (Å²) in [6, 6.07) is 6.66. The van der Waals surface area contributed by atoms with Gasteiger partial charge in [0.2, 0.25) is 0 Å². The number of hydrogen-bond donors (Lipinski definition) is 1. The fourth-order valence-corrected chi connectivity index (χ4v) is 5.51. The Balaban J connectivity index is 1.58. The minimum Gasteiger partial charge on any atom is -0.453 e. The zero-order chi connectivity index (χ0) is 27.6. The molecule has 38 heavy (non-hydrogen) atoms. The SMILES string of the molecule is COC(=O)N(C)[C@@H]1[C@H](C)C[C@H](c2ccncc2CC(=O)c2ccc(F)c(-c3c(F)cccc3F)n2)C[C@@H]1N. The van der Waals surface area contributed by atoms with Crippen LogP contribution in [0, 0.1) is 23.4 Å². The number of amides is 1. The van der Waals surface area contributed by atoms with E-state index in [0.29, 0.717) is 12.0 Å². The number of methoxy groups -OCH3 is 1. The molecule has 7 nitrogen and oxygen atoms in total. The molecular weight excluding hydrogens is 497 g/mol. The van der Waals surface area contributed by atoms with E-state index in [-0.39, 0.29) is 36.0 Å². The van der Waals surface area contributed by atoms with E-state index in [4.69, 9.17) is 10.5 Å². The molecule has 0 unspecified atom stereocenters. The molecular formula is C28H29F3N4O3. The zero-order valence-corrected chi connectivity index (χ0v) is 21.3. The maximum absolute atomic E-state index is 14.5. The van der Waals surface area contributed by atoms with Crippen LogP contribution in [0.4, 0.5) is 18.0 Å². The van der Waals surface area contributed by atoms with Gasteiger partial charge in [-0.1, -0.05) is 13.0 Å². The van der Waals surface area contributed by atoms with Gasteiger partial charge in [0.15, 0.2) is 5.78 Å². The Kier molecular flexibility index (Phi) is 8.11. The molecule has 10 heteroatoms. The summed E-state index contributed by atoms with van der Waals surface area (Å²) >= 11 is 0. The first kappa shape index (κ1) is 27.3. The van der Waals surface area contributed by atoms with Crippen LogP contribution in [0.3, 0.4) is 0 Å². The second-order valence-corrected chi connectivity index (χ2v) is 9.68. The number of nitrogens with zero attached hydrogens (tertiary/aromatic N) is 3. The van der Waals surface area contributed by atoms with Crippen molar-refractivity contribution in [1.29, 1.82) is 0 Å². The van der Waals surface area contributed by atoms with Gasteiger partial charge in [-0.25, -0.2) is 22.9 Å². The fourth-order valence-electron chi connectivity index (χ4n) is 5.51. The minimum atomic E-state index is -0.977. The number of aromatic nitrogens is 2. The molecule has 1 aromatic carbocycles. The van der Waals surface area contributed by atoms with Crippen molar-refractivity contribution < 1.29 is 27.5 Å². The lowest BCUT2D eigenvalue weighted by Crippen LogP contribution is -2.55. The average Bonchev–Trinajstić information content (AvgIpc) is 2.88. The van der Waals surface area contributed by atoms with Crippen LogP contribution in [0.1, 0.15) is 47.3 Å². The summed E-state index contributed by atoms with van der Waals surface area (Å²) in [5.74, 6) is -3.28. The summed E-state index contributed by atoms with van der Waals surface area (Å²) in [4.78, 5) is 35.0. The third kappa shape index (κ3) is 5.40. The zero-order valence-electron chi connectivity index (χ0n) is 21.3. The Labute approximate surface area is 218 Å². The first-order valence-corrected chi connectivity index (χ1v) is 12.3. The van der Waals surface area contributed by atoms with E-state index in [1.54, 1.807) is 19.4 Å². The quantitative estimate of drug-likeness (QED) is 0.459. The van der Waals surface area contributed by atoms with E-state index < -0.39 is 40.6 Å². The van der Waals surface area contributed by atoms with E-state index in [2.05, 4.69) is 9.97 Å². The highest BCUT2D eigenvalue weighted by Crippen LogP contribution is 2.39. The van der Waals surface area contributed by atoms with Crippen molar-refractivity contribution in [1.82, 2.24) is 14.9 Å². The molecule has 0 spiro atoms. The fraction of sp³-hybridized carbons (Fsp3) is 0.357. The van der Waals surface area contributed by atoms with Crippen molar-refractivity contribution >= 4 is 11.9 Å². The number of ketones is 1. The van der Waals surface area contributed by atoms with Crippen molar-refractivity contribution in [2.75, 3.05) is 14.2 Å². The second-order valence-electron chi connectivity index (χ2n) is 9.68. The molecule has 4 atom stereocenters. The lowest BCUT2D eigenvalue weighted by Gasteiger charge is -2.43. The molecule has 1 aliphatic carbocycles. The summed E-state index contributed by atoms with van der Waals surface area (Å²) in [6.07, 6.45) is 3.99. The van der Waals surface area contributed by atoms with Crippen molar-refractivity contribution in [2.45, 2.75) is 44.2 Å². The smallest absolute Gasteiger partial charge is 0.409 e. The van der Waals surface area contributed by atoms with Crippen LogP contribution in [0.2, 0.25) is 0 Å². The Hall–Kier alpha value is -3.79. The van der Waals surface area contributed by atoms with Crippen LogP contribution >= 0.6 is 0 Å². The molecule has 2 N–H and O–H groups in total. The summed E-state index contributed by atoms with van der Waals surface area (Å²) < 4.78 is 47.9. The molecule has 2 heterocycles. The average molecular weight is 527 g/mol. The molecule has 0 saturated heterocycles. The molecule has 4 rings (SSSR count). The highest BCUT2D eigenvalue weighted by Gasteiger charge is 2.39. The largest absolute Gasteiger partial charge is 0.453 e. The predicted molar refractivity (Wildman–Crippen MR) is 135 cm³/mol. The first-order valence-electron chi connectivity index (χ1n) is 12.3. The number of rotatable bonds is 6. The van der Waals surface area contributed by atoms with Gasteiger partial charge < -0.3 is 15.4 Å². The van der Waals surface area contributed by atoms with Gasteiger partial charge in [0.05, 0.1) is 18.7 Å². The molecule has 0 bridgehead atoms. The van der Waals surface area contributed by atoms with Crippen LogP contribution in [-0.4, -0.2) is 53.0 Å². The van der Waals surface area contributed by atoms with Crippen LogP contribution in [0.25, 0.3) is 11.3 Å². The number of benzene rings is 1. The number of carbonyl (C=O) groups is 2. The second kappa shape index (κ2) is 11.3. The summed E-state index contributed by atoms with van der Waals surface area (Å²) in [6.45, 7) is 2.02. The molecule has 1 fully saturated rings. The highest BCUT2D eigenvalue weighted by molar-refractivity contribution is 5.96. The van der Waals surface area contributed by atoms with Gasteiger partial charge >= 0.3 is 6.09 Å². The lowest BCUT2D eigenvalue weighted by atomic mass is 9.72. The topological polar surface area (TPSA) is 98.4 Å². The van der Waals surface area contributed by atoms with E-state index in [0.717, 1.165) is 30.2 Å². The molecule has 0 radical (unpaired) electrons. The number of carbonyl (C=O) groups excluding carboxylic acids is 2. The third-order valence-electron chi connectivity index (χ3n) is 7.21. The Bertz CT molecular complexity index is 1320. The van der Waals surface area contributed by atoms with Crippen LogP contribution in [-0.2, 0) is 11.2 Å². The highest BCUT2D eigenvalue weighted by atomic mass is 19.1. The van der Waals surface area contributed by atoms with Gasteiger partial charge in [-0.05, 0) is 66.1 Å². The normalized spacial score (nSPS) is 21.1. The molecule has 2 aromatic heterocycles. The van der Waals surface area contributed by atoms with Gasteiger partial charge in [-0.3, -0.25) is 9.78 Å². The molecule has 1 saturated carbocycles. The van der Waals surface area contributed by atoms with Crippen molar-refractivity contribution in [2.24, 2.45) is 11.7 Å². The van der Waals surface area contributed by atoms with E-state index in [1.807, 2.05) is 13.0 Å². The van der Waals surface area contributed by atoms with Crippen molar-refractivity contribution in [3.63, 3.8) is 0 Å². The molecule has 200 valence electrons. The summed E-state index contributed by atoms with van der Waals surface area (Å²) in [5, 5.41) is 0. The number of Topliss-reactive ketones (excluding diaryl/α,β-unsaturated/α-hetero) is 1. The summed E-state index contributed by atoms with van der Waals surface area (Å²) in [7, 11) is 2.99. The maximum Gasteiger partial charge on any atom is 0.409 e. The van der Waals surface area contributed by atoms with Crippen molar-refractivity contribution in [3.8, 4) is 11.3 Å².